The molecule has 3 N–H and O–H groups in total. The van der Waals surface area contributed by atoms with E-state index in [1.165, 1.54) is 25.1 Å². The van der Waals surface area contributed by atoms with Gasteiger partial charge in [-0.25, -0.2) is 9.37 Å². The summed E-state index contributed by atoms with van der Waals surface area (Å²) in [6.45, 7) is 0. The van der Waals surface area contributed by atoms with Crippen LogP contribution in [0.15, 0.2) is 16.7 Å². The van der Waals surface area contributed by atoms with Crippen LogP contribution in [0.5, 0.6) is 0 Å². The van der Waals surface area contributed by atoms with Gasteiger partial charge in [0.05, 0.1) is 11.6 Å². The van der Waals surface area contributed by atoms with Crippen molar-refractivity contribution < 1.29 is 13.6 Å². The van der Waals surface area contributed by atoms with Crippen LogP contribution in [0.3, 0.4) is 0 Å². The Morgan fingerprint density at radius 2 is 2.13 bits per heavy atom. The third-order valence-electron chi connectivity index (χ3n) is 5.20. The molecule has 6 nitrogen and oxygen atoms in total. The number of hydrogen-bond donors (Lipinski definition) is 2. The van der Waals surface area contributed by atoms with Crippen LogP contribution in [0, 0.1) is 5.82 Å². The number of furan rings is 1. The summed E-state index contributed by atoms with van der Waals surface area (Å²) in [6.07, 6.45) is 5.82. The van der Waals surface area contributed by atoms with E-state index in [0.717, 1.165) is 12.8 Å². The summed E-state index contributed by atoms with van der Waals surface area (Å²) < 4.78 is 19.8. The van der Waals surface area contributed by atoms with Gasteiger partial charge in [0.1, 0.15) is 0 Å². The minimum absolute atomic E-state index is 0.0600. The van der Waals surface area contributed by atoms with Gasteiger partial charge in [-0.3, -0.25) is 4.79 Å². The normalized spacial score (nSPS) is 27.5. The molecular formula is C16H19FN4O2. The van der Waals surface area contributed by atoms with Gasteiger partial charge in [-0.1, -0.05) is 0 Å². The maximum Gasteiger partial charge on any atom is 0.284 e. The number of fused-ring (bicyclic) bond motifs is 3. The van der Waals surface area contributed by atoms with Crippen molar-refractivity contribution in [1.82, 2.24) is 9.88 Å². The van der Waals surface area contributed by atoms with Crippen LogP contribution in [0.4, 0.5) is 10.2 Å². The number of piperidine rings is 1. The van der Waals surface area contributed by atoms with E-state index < -0.39 is 11.7 Å². The standard InChI is InChI=1S/C16H19FN4O2/c1-21-9-2-3-10(21)5-8(4-9)20-16-14(17)11-6-12(15(18)22)23-13(11)7-19-16/h6-10H,2-5H2,1H3,(H2,18,22)(H,19,20). The van der Waals surface area contributed by atoms with Crippen molar-refractivity contribution in [3.05, 3.63) is 23.8 Å². The molecule has 2 aromatic rings. The van der Waals surface area contributed by atoms with Gasteiger partial charge in [0.15, 0.2) is 23.0 Å². The predicted molar refractivity (Wildman–Crippen MR) is 83.7 cm³/mol. The lowest BCUT2D eigenvalue weighted by molar-refractivity contribution is 0.0976. The van der Waals surface area contributed by atoms with Crippen molar-refractivity contribution in [2.75, 3.05) is 12.4 Å². The topological polar surface area (TPSA) is 84.4 Å². The van der Waals surface area contributed by atoms with Gasteiger partial charge in [0, 0.05) is 24.2 Å². The fourth-order valence-corrected chi connectivity index (χ4v) is 3.92. The molecular weight excluding hydrogens is 299 g/mol. The van der Waals surface area contributed by atoms with Crippen molar-refractivity contribution in [1.29, 1.82) is 0 Å². The number of nitrogens with zero attached hydrogens (tertiary/aromatic N) is 2. The van der Waals surface area contributed by atoms with Crippen molar-refractivity contribution in [2.24, 2.45) is 5.73 Å². The van der Waals surface area contributed by atoms with Crippen LogP contribution in [-0.2, 0) is 0 Å². The quantitative estimate of drug-likeness (QED) is 0.905. The van der Waals surface area contributed by atoms with Gasteiger partial charge in [-0.15, -0.1) is 0 Å². The Balaban J connectivity index is 1.60. The molecule has 2 aliphatic heterocycles. The molecule has 4 heterocycles. The smallest absolute Gasteiger partial charge is 0.284 e. The Morgan fingerprint density at radius 3 is 2.78 bits per heavy atom. The summed E-state index contributed by atoms with van der Waals surface area (Å²) >= 11 is 0. The van der Waals surface area contributed by atoms with Crippen LogP contribution in [0.2, 0.25) is 0 Å². The van der Waals surface area contributed by atoms with Crippen LogP contribution in [0.25, 0.3) is 11.0 Å². The fourth-order valence-electron chi connectivity index (χ4n) is 3.92. The molecule has 2 saturated heterocycles. The molecule has 2 unspecified atom stereocenters. The van der Waals surface area contributed by atoms with Crippen LogP contribution in [0.1, 0.15) is 36.2 Å². The first-order valence-corrected chi connectivity index (χ1v) is 7.89. The molecule has 4 rings (SSSR count). The SMILES string of the molecule is CN1C2CCC1CC(Nc1ncc3oc(C(N)=O)cc3c1F)C2. The molecule has 0 saturated carbocycles. The molecule has 0 spiro atoms. The summed E-state index contributed by atoms with van der Waals surface area (Å²) in [5.74, 6) is -1.06. The van der Waals surface area contributed by atoms with Crippen molar-refractivity contribution in [2.45, 2.75) is 43.8 Å². The van der Waals surface area contributed by atoms with E-state index >= 15 is 0 Å². The predicted octanol–water partition coefficient (Wildman–Crippen LogP) is 2.10. The maximum absolute atomic E-state index is 14.6. The summed E-state index contributed by atoms with van der Waals surface area (Å²) in [4.78, 5) is 17.7. The molecule has 1 amide bonds. The van der Waals surface area contributed by atoms with Crippen molar-refractivity contribution in [3.8, 4) is 0 Å². The van der Waals surface area contributed by atoms with Gasteiger partial charge in [-0.05, 0) is 32.7 Å². The average Bonchev–Trinajstić information content (AvgIpc) is 3.02. The highest BCUT2D eigenvalue weighted by atomic mass is 19.1. The number of halogens is 1. The first-order chi connectivity index (χ1) is 11.0. The van der Waals surface area contributed by atoms with Gasteiger partial charge in [0.2, 0.25) is 0 Å². The van der Waals surface area contributed by atoms with Crippen molar-refractivity contribution >= 4 is 22.7 Å². The Labute approximate surface area is 132 Å². The molecule has 2 fully saturated rings. The van der Waals surface area contributed by atoms with Crippen LogP contribution >= 0.6 is 0 Å². The molecule has 122 valence electrons. The highest BCUT2D eigenvalue weighted by Crippen LogP contribution is 2.36. The Morgan fingerprint density at radius 1 is 1.43 bits per heavy atom. The summed E-state index contributed by atoms with van der Waals surface area (Å²) in [7, 11) is 2.17. The van der Waals surface area contributed by atoms with E-state index in [4.69, 9.17) is 10.2 Å². The third kappa shape index (κ3) is 2.35. The number of pyridine rings is 1. The molecule has 2 bridgehead atoms. The van der Waals surface area contributed by atoms with E-state index in [1.807, 2.05) is 0 Å². The lowest BCUT2D eigenvalue weighted by Gasteiger charge is -2.36. The first kappa shape index (κ1) is 14.4. The van der Waals surface area contributed by atoms with E-state index in [0.29, 0.717) is 12.1 Å². The van der Waals surface area contributed by atoms with Crippen molar-refractivity contribution in [3.63, 3.8) is 0 Å². The Kier molecular flexibility index (Phi) is 3.26. The number of carbonyl (C=O) groups excluding carboxylic acids is 1. The first-order valence-electron chi connectivity index (χ1n) is 7.89. The summed E-state index contributed by atoms with van der Waals surface area (Å²) in [5.41, 5.74) is 5.40. The van der Waals surface area contributed by atoms with E-state index in [1.54, 1.807) is 0 Å². The zero-order valence-corrected chi connectivity index (χ0v) is 12.9. The second-order valence-electron chi connectivity index (χ2n) is 6.54. The molecule has 0 aromatic carbocycles. The zero-order chi connectivity index (χ0) is 16.1. The molecule has 2 aromatic heterocycles. The molecule has 0 aliphatic carbocycles. The largest absolute Gasteiger partial charge is 0.449 e. The molecule has 2 atom stereocenters. The fraction of sp³-hybridized carbons (Fsp3) is 0.500. The minimum Gasteiger partial charge on any atom is -0.449 e. The number of carbonyl (C=O) groups is 1. The lowest BCUT2D eigenvalue weighted by Crippen LogP contribution is -2.44. The number of aromatic nitrogens is 1. The van der Waals surface area contributed by atoms with Gasteiger partial charge < -0.3 is 20.4 Å². The Bertz CT molecular complexity index is 761. The number of nitrogens with one attached hydrogen (secondary N) is 1. The van der Waals surface area contributed by atoms with Crippen LogP contribution in [-0.4, -0.2) is 41.0 Å². The van der Waals surface area contributed by atoms with E-state index in [-0.39, 0.29) is 28.6 Å². The van der Waals surface area contributed by atoms with E-state index in [2.05, 4.69) is 22.2 Å². The number of rotatable bonds is 3. The van der Waals surface area contributed by atoms with Crippen LogP contribution < -0.4 is 11.1 Å². The number of amides is 1. The number of primary amides is 1. The zero-order valence-electron chi connectivity index (χ0n) is 12.9. The average molecular weight is 318 g/mol. The van der Waals surface area contributed by atoms with E-state index in [9.17, 15) is 9.18 Å². The third-order valence-corrected chi connectivity index (χ3v) is 5.20. The van der Waals surface area contributed by atoms with Gasteiger partial charge in [0.25, 0.3) is 5.91 Å². The minimum atomic E-state index is -0.720. The molecule has 7 heteroatoms. The second kappa shape index (κ2) is 5.19. The molecule has 23 heavy (non-hydrogen) atoms. The molecule has 2 aliphatic rings. The molecule has 0 radical (unpaired) electrons. The number of hydrogen-bond acceptors (Lipinski definition) is 5. The van der Waals surface area contributed by atoms with Gasteiger partial charge >= 0.3 is 0 Å². The number of nitrogens with two attached hydrogens (primary N) is 1. The second-order valence-corrected chi connectivity index (χ2v) is 6.54. The summed E-state index contributed by atoms with van der Waals surface area (Å²) in [5, 5.41) is 3.46. The van der Waals surface area contributed by atoms with Gasteiger partial charge in [-0.2, -0.15) is 0 Å². The lowest BCUT2D eigenvalue weighted by atomic mass is 9.98. The Hall–Kier alpha value is -2.15. The number of anilines is 1. The highest BCUT2D eigenvalue weighted by molar-refractivity contribution is 5.95. The summed E-state index contributed by atoms with van der Waals surface area (Å²) in [6, 6.07) is 2.67. The monoisotopic (exact) mass is 318 g/mol. The highest BCUT2D eigenvalue weighted by Gasteiger charge is 2.38. The maximum atomic E-state index is 14.6.